The number of hydrogen-bond acceptors (Lipinski definition) is 1. The lowest BCUT2D eigenvalue weighted by atomic mass is 10.0. The minimum Gasteiger partial charge on any atom is -0.310 e. The van der Waals surface area contributed by atoms with E-state index in [1.807, 2.05) is 20.9 Å². The summed E-state index contributed by atoms with van der Waals surface area (Å²) in [6.07, 6.45) is 2.57. The molecule has 1 aromatic carbocycles. The Bertz CT molecular complexity index is 270. The van der Waals surface area contributed by atoms with Crippen molar-refractivity contribution in [2.24, 2.45) is 0 Å². The van der Waals surface area contributed by atoms with E-state index in [9.17, 15) is 0 Å². The van der Waals surface area contributed by atoms with Crippen molar-refractivity contribution in [1.82, 2.24) is 5.32 Å². The minimum absolute atomic E-state index is 0.327. The van der Waals surface area contributed by atoms with Crippen LogP contribution in [0.4, 0.5) is 0 Å². The van der Waals surface area contributed by atoms with Gasteiger partial charge in [-0.3, -0.25) is 0 Å². The highest BCUT2D eigenvalue weighted by Crippen LogP contribution is 2.44. The second-order valence-corrected chi connectivity index (χ2v) is 3.70. The van der Waals surface area contributed by atoms with Crippen LogP contribution in [0.25, 0.3) is 0 Å². The average molecular weight is 191 g/mol. The molecular weight excluding hydrogens is 170 g/mol. The molecule has 2 rings (SSSR count). The second kappa shape index (κ2) is 4.61. The molecule has 0 radical (unpaired) electrons. The van der Waals surface area contributed by atoms with Crippen molar-refractivity contribution >= 4 is 0 Å². The zero-order valence-corrected chi connectivity index (χ0v) is 9.72. The maximum Gasteiger partial charge on any atom is 0.0433 e. The van der Waals surface area contributed by atoms with E-state index >= 15 is 0 Å². The standard InChI is InChI=1S/C11H15N.C2H6/c1-9-3-5-10(6-4-9)11(12-2)7-8-11;1-2/h3-6,12H,7-8H2,1-2H3;1-2H3. The van der Waals surface area contributed by atoms with Gasteiger partial charge in [-0.05, 0) is 32.4 Å². The molecule has 0 unspecified atom stereocenters. The third-order valence-electron chi connectivity index (χ3n) is 2.83. The van der Waals surface area contributed by atoms with E-state index in [0.717, 1.165) is 0 Å². The summed E-state index contributed by atoms with van der Waals surface area (Å²) in [4.78, 5) is 0. The summed E-state index contributed by atoms with van der Waals surface area (Å²) in [5.41, 5.74) is 3.11. The van der Waals surface area contributed by atoms with E-state index < -0.39 is 0 Å². The topological polar surface area (TPSA) is 12.0 Å². The Morgan fingerprint density at radius 3 is 1.93 bits per heavy atom. The van der Waals surface area contributed by atoms with Gasteiger partial charge in [0.2, 0.25) is 0 Å². The van der Waals surface area contributed by atoms with Crippen LogP contribution in [0.15, 0.2) is 24.3 Å². The molecule has 1 nitrogen and oxygen atoms in total. The first-order valence-electron chi connectivity index (χ1n) is 5.53. The zero-order chi connectivity index (χ0) is 10.6. The van der Waals surface area contributed by atoms with Crippen molar-refractivity contribution in [3.63, 3.8) is 0 Å². The molecule has 14 heavy (non-hydrogen) atoms. The van der Waals surface area contributed by atoms with Crippen molar-refractivity contribution < 1.29 is 0 Å². The largest absolute Gasteiger partial charge is 0.310 e. The van der Waals surface area contributed by atoms with Crippen LogP contribution in [0.2, 0.25) is 0 Å². The maximum absolute atomic E-state index is 3.39. The molecule has 1 aliphatic carbocycles. The third kappa shape index (κ3) is 2.16. The van der Waals surface area contributed by atoms with Gasteiger partial charge in [-0.25, -0.2) is 0 Å². The molecule has 0 aromatic heterocycles. The highest BCUT2D eigenvalue weighted by molar-refractivity contribution is 5.32. The lowest BCUT2D eigenvalue weighted by Gasteiger charge is -2.14. The first-order chi connectivity index (χ1) is 6.77. The van der Waals surface area contributed by atoms with Crippen LogP contribution in [0, 0.1) is 6.92 Å². The Morgan fingerprint density at radius 1 is 1.07 bits per heavy atom. The van der Waals surface area contributed by atoms with Gasteiger partial charge in [0.05, 0.1) is 0 Å². The molecule has 1 aliphatic rings. The molecule has 1 N–H and O–H groups in total. The first kappa shape index (κ1) is 11.3. The quantitative estimate of drug-likeness (QED) is 0.756. The van der Waals surface area contributed by atoms with E-state index in [1.165, 1.54) is 24.0 Å². The summed E-state index contributed by atoms with van der Waals surface area (Å²) >= 11 is 0. The van der Waals surface area contributed by atoms with Crippen LogP contribution in [-0.2, 0) is 5.54 Å². The molecule has 0 spiro atoms. The summed E-state index contributed by atoms with van der Waals surface area (Å²) in [5, 5.41) is 3.39. The molecule has 1 heteroatoms. The number of nitrogens with one attached hydrogen (secondary N) is 1. The minimum atomic E-state index is 0.327. The molecule has 0 saturated heterocycles. The molecule has 0 amide bonds. The molecular formula is C13H21N. The van der Waals surface area contributed by atoms with Crippen LogP contribution in [-0.4, -0.2) is 7.05 Å². The Hall–Kier alpha value is -0.820. The van der Waals surface area contributed by atoms with Crippen molar-refractivity contribution in [1.29, 1.82) is 0 Å². The van der Waals surface area contributed by atoms with E-state index in [4.69, 9.17) is 0 Å². The molecule has 0 heterocycles. The highest BCUT2D eigenvalue weighted by Gasteiger charge is 2.42. The van der Waals surface area contributed by atoms with Crippen LogP contribution < -0.4 is 5.32 Å². The summed E-state index contributed by atoms with van der Waals surface area (Å²) in [6, 6.07) is 8.84. The molecule has 0 atom stereocenters. The fraction of sp³-hybridized carbons (Fsp3) is 0.538. The summed E-state index contributed by atoms with van der Waals surface area (Å²) in [6.45, 7) is 6.13. The lowest BCUT2D eigenvalue weighted by Crippen LogP contribution is -2.24. The number of aryl methyl sites for hydroxylation is 1. The smallest absolute Gasteiger partial charge is 0.0433 e. The molecule has 1 aromatic rings. The zero-order valence-electron chi connectivity index (χ0n) is 9.72. The van der Waals surface area contributed by atoms with Crippen LogP contribution in [0.3, 0.4) is 0 Å². The van der Waals surface area contributed by atoms with Gasteiger partial charge >= 0.3 is 0 Å². The lowest BCUT2D eigenvalue weighted by molar-refractivity contribution is 0.585. The number of rotatable bonds is 2. The van der Waals surface area contributed by atoms with Crippen molar-refractivity contribution in [2.45, 2.75) is 39.2 Å². The van der Waals surface area contributed by atoms with Crippen molar-refractivity contribution in [2.75, 3.05) is 7.05 Å². The third-order valence-corrected chi connectivity index (χ3v) is 2.83. The number of benzene rings is 1. The van der Waals surface area contributed by atoms with Gasteiger partial charge < -0.3 is 5.32 Å². The molecule has 1 fully saturated rings. The predicted octanol–water partition coefficient (Wildman–Crippen LogP) is 3.23. The maximum atomic E-state index is 3.39. The molecule has 0 bridgehead atoms. The Kier molecular flexibility index (Phi) is 3.70. The van der Waals surface area contributed by atoms with E-state index in [0.29, 0.717) is 5.54 Å². The van der Waals surface area contributed by atoms with Gasteiger partial charge in [0, 0.05) is 5.54 Å². The fourth-order valence-electron chi connectivity index (χ4n) is 1.68. The van der Waals surface area contributed by atoms with Gasteiger partial charge in [0.25, 0.3) is 0 Å². The predicted molar refractivity (Wildman–Crippen MR) is 62.5 cm³/mol. The van der Waals surface area contributed by atoms with Crippen molar-refractivity contribution in [3.05, 3.63) is 35.4 Å². The van der Waals surface area contributed by atoms with Crippen molar-refractivity contribution in [3.8, 4) is 0 Å². The molecule has 0 aliphatic heterocycles. The summed E-state index contributed by atoms with van der Waals surface area (Å²) < 4.78 is 0. The Morgan fingerprint density at radius 2 is 1.57 bits per heavy atom. The van der Waals surface area contributed by atoms with E-state index in [2.05, 4.69) is 36.5 Å². The monoisotopic (exact) mass is 191 g/mol. The van der Waals surface area contributed by atoms with E-state index in [-0.39, 0.29) is 0 Å². The van der Waals surface area contributed by atoms with Gasteiger partial charge in [0.1, 0.15) is 0 Å². The molecule has 1 saturated carbocycles. The number of hydrogen-bond donors (Lipinski definition) is 1. The van der Waals surface area contributed by atoms with Gasteiger partial charge in [0.15, 0.2) is 0 Å². The van der Waals surface area contributed by atoms with Crippen LogP contribution >= 0.6 is 0 Å². The Labute approximate surface area is 87.5 Å². The second-order valence-electron chi connectivity index (χ2n) is 3.70. The summed E-state index contributed by atoms with van der Waals surface area (Å²) in [7, 11) is 2.05. The highest BCUT2D eigenvalue weighted by atomic mass is 15.0. The van der Waals surface area contributed by atoms with Gasteiger partial charge in [-0.15, -0.1) is 0 Å². The molecule has 78 valence electrons. The van der Waals surface area contributed by atoms with Gasteiger partial charge in [-0.1, -0.05) is 43.7 Å². The summed E-state index contributed by atoms with van der Waals surface area (Å²) in [5.74, 6) is 0. The first-order valence-corrected chi connectivity index (χ1v) is 5.53. The van der Waals surface area contributed by atoms with E-state index in [1.54, 1.807) is 0 Å². The Balaban J connectivity index is 0.000000461. The average Bonchev–Trinajstić information content (AvgIpc) is 3.03. The van der Waals surface area contributed by atoms with Crippen LogP contribution in [0.1, 0.15) is 37.8 Å². The SMILES string of the molecule is CC.CNC1(c2ccc(C)cc2)CC1. The fourth-order valence-corrected chi connectivity index (χ4v) is 1.68. The van der Waals surface area contributed by atoms with Crippen LogP contribution in [0.5, 0.6) is 0 Å². The van der Waals surface area contributed by atoms with Gasteiger partial charge in [-0.2, -0.15) is 0 Å². The normalized spacial score (nSPS) is 16.9.